The molecule has 2 atom stereocenters. The van der Waals surface area contributed by atoms with Crippen molar-refractivity contribution in [2.45, 2.75) is 58.9 Å². The molecular weight excluding hydrogens is 404 g/mol. The first-order valence-electron chi connectivity index (χ1n) is 10.3. The Morgan fingerprint density at radius 2 is 1.65 bits per heavy atom. The standard InChI is InChI=1S/C22H34N2O7/c1-6-18(26)29-10-8-9-17(25)24-16-11-21(3,4)13-22(5,12-16)14-23-20(28)31-15-30-19(27)7-2/h6-7,16H,1-2,8-15H2,3-5H3,(H,23,28)(H,24,25). The highest BCUT2D eigenvalue weighted by molar-refractivity contribution is 5.81. The van der Waals surface area contributed by atoms with Crippen molar-refractivity contribution in [1.29, 1.82) is 0 Å². The molecule has 31 heavy (non-hydrogen) atoms. The van der Waals surface area contributed by atoms with E-state index in [1.165, 1.54) is 0 Å². The molecule has 0 spiro atoms. The van der Waals surface area contributed by atoms with Gasteiger partial charge in [0.1, 0.15) is 0 Å². The predicted octanol–water partition coefficient (Wildman–Crippen LogP) is 2.61. The third-order valence-corrected chi connectivity index (χ3v) is 4.99. The van der Waals surface area contributed by atoms with Crippen LogP contribution in [0.25, 0.3) is 0 Å². The van der Waals surface area contributed by atoms with Gasteiger partial charge in [0.05, 0.1) is 6.61 Å². The van der Waals surface area contributed by atoms with E-state index >= 15 is 0 Å². The van der Waals surface area contributed by atoms with E-state index in [0.717, 1.165) is 25.0 Å². The summed E-state index contributed by atoms with van der Waals surface area (Å²) in [4.78, 5) is 46.2. The number of carbonyl (C=O) groups excluding carboxylic acids is 4. The molecule has 174 valence electrons. The molecule has 0 saturated heterocycles. The normalized spacial score (nSPS) is 21.8. The van der Waals surface area contributed by atoms with Crippen molar-refractivity contribution >= 4 is 23.9 Å². The molecule has 1 fully saturated rings. The maximum atomic E-state index is 12.3. The van der Waals surface area contributed by atoms with Crippen molar-refractivity contribution in [3.63, 3.8) is 0 Å². The maximum Gasteiger partial charge on any atom is 0.410 e. The minimum atomic E-state index is -0.684. The SMILES string of the molecule is C=CC(=O)OCCCC(=O)NC1CC(C)(C)CC(C)(CNC(=O)OCOC(=O)C=C)C1. The molecule has 0 aromatic heterocycles. The number of esters is 2. The molecule has 1 aliphatic rings. The van der Waals surface area contributed by atoms with E-state index in [9.17, 15) is 19.2 Å². The molecule has 2 N–H and O–H groups in total. The van der Waals surface area contributed by atoms with Crippen molar-refractivity contribution < 1.29 is 33.4 Å². The zero-order chi connectivity index (χ0) is 23.5. The van der Waals surface area contributed by atoms with Gasteiger partial charge >= 0.3 is 18.0 Å². The highest BCUT2D eigenvalue weighted by atomic mass is 16.7. The summed E-state index contributed by atoms with van der Waals surface area (Å²) in [7, 11) is 0. The Morgan fingerprint density at radius 1 is 1.00 bits per heavy atom. The van der Waals surface area contributed by atoms with Crippen molar-refractivity contribution in [2.24, 2.45) is 10.8 Å². The van der Waals surface area contributed by atoms with E-state index in [-0.39, 0.29) is 35.8 Å². The van der Waals surface area contributed by atoms with Crippen LogP contribution in [0.2, 0.25) is 0 Å². The highest BCUT2D eigenvalue weighted by Gasteiger charge is 2.41. The van der Waals surface area contributed by atoms with Gasteiger partial charge in [-0.1, -0.05) is 33.9 Å². The zero-order valence-corrected chi connectivity index (χ0v) is 18.7. The number of carbonyl (C=O) groups is 4. The van der Waals surface area contributed by atoms with Gasteiger partial charge in [-0.2, -0.15) is 0 Å². The second-order valence-corrected chi connectivity index (χ2v) is 8.87. The summed E-state index contributed by atoms with van der Waals surface area (Å²) in [6, 6.07) is -0.0386. The molecule has 1 aliphatic carbocycles. The number of hydrogen-bond donors (Lipinski definition) is 2. The summed E-state index contributed by atoms with van der Waals surface area (Å²) >= 11 is 0. The molecule has 0 aromatic rings. The average Bonchev–Trinajstić information content (AvgIpc) is 2.67. The van der Waals surface area contributed by atoms with Crippen molar-refractivity contribution in [2.75, 3.05) is 19.9 Å². The molecule has 0 radical (unpaired) electrons. The fraction of sp³-hybridized carbons (Fsp3) is 0.636. The first-order valence-corrected chi connectivity index (χ1v) is 10.3. The quantitative estimate of drug-likeness (QED) is 0.220. The third kappa shape index (κ3) is 10.7. The van der Waals surface area contributed by atoms with Crippen LogP contribution < -0.4 is 10.6 Å². The molecule has 9 heteroatoms. The summed E-state index contributed by atoms with van der Waals surface area (Å²) in [5.74, 6) is -1.28. The van der Waals surface area contributed by atoms with Crippen LogP contribution in [0, 0.1) is 10.8 Å². The lowest BCUT2D eigenvalue weighted by molar-refractivity contribution is -0.145. The Balaban J connectivity index is 2.49. The summed E-state index contributed by atoms with van der Waals surface area (Å²) < 4.78 is 14.3. The average molecular weight is 439 g/mol. The van der Waals surface area contributed by atoms with Gasteiger partial charge in [0, 0.05) is 31.2 Å². The number of hydrogen-bond acceptors (Lipinski definition) is 7. The van der Waals surface area contributed by atoms with E-state index in [4.69, 9.17) is 9.47 Å². The summed E-state index contributed by atoms with van der Waals surface area (Å²) in [6.07, 6.45) is 4.44. The van der Waals surface area contributed by atoms with Crippen LogP contribution in [0.1, 0.15) is 52.9 Å². The van der Waals surface area contributed by atoms with Crippen LogP contribution in [0.15, 0.2) is 25.3 Å². The van der Waals surface area contributed by atoms with E-state index in [1.807, 2.05) is 0 Å². The van der Waals surface area contributed by atoms with Gasteiger partial charge in [0.25, 0.3) is 0 Å². The van der Waals surface area contributed by atoms with Gasteiger partial charge in [-0.25, -0.2) is 14.4 Å². The first kappa shape index (κ1) is 26.2. The van der Waals surface area contributed by atoms with Crippen LogP contribution in [-0.4, -0.2) is 49.9 Å². The summed E-state index contributed by atoms with van der Waals surface area (Å²) in [5.41, 5.74) is -0.286. The topological polar surface area (TPSA) is 120 Å². The number of ether oxygens (including phenoxy) is 3. The number of nitrogens with one attached hydrogen (secondary N) is 2. The molecule has 2 amide bonds. The molecule has 1 rings (SSSR count). The fourth-order valence-electron chi connectivity index (χ4n) is 4.17. The maximum absolute atomic E-state index is 12.3. The Hall–Kier alpha value is -2.84. The van der Waals surface area contributed by atoms with Crippen molar-refractivity contribution in [1.82, 2.24) is 10.6 Å². The number of amides is 2. The minimum Gasteiger partial charge on any atom is -0.463 e. The lowest BCUT2D eigenvalue weighted by Gasteiger charge is -2.46. The minimum absolute atomic E-state index is 0.0322. The van der Waals surface area contributed by atoms with Crippen LogP contribution in [-0.2, 0) is 28.6 Å². The Morgan fingerprint density at radius 3 is 2.29 bits per heavy atom. The smallest absolute Gasteiger partial charge is 0.410 e. The Kier molecular flexibility index (Phi) is 10.2. The van der Waals surface area contributed by atoms with Crippen LogP contribution in [0.5, 0.6) is 0 Å². The summed E-state index contributed by atoms with van der Waals surface area (Å²) in [5, 5.41) is 5.77. The van der Waals surface area contributed by atoms with Gasteiger partial charge in [0.2, 0.25) is 12.7 Å². The summed E-state index contributed by atoms with van der Waals surface area (Å²) in [6.45, 7) is 12.9. The van der Waals surface area contributed by atoms with E-state index < -0.39 is 24.8 Å². The van der Waals surface area contributed by atoms with Gasteiger partial charge in [0.15, 0.2) is 0 Å². The third-order valence-electron chi connectivity index (χ3n) is 4.99. The first-order chi connectivity index (χ1) is 14.5. The number of alkyl carbamates (subject to hydrolysis) is 1. The van der Waals surface area contributed by atoms with Crippen LogP contribution in [0.4, 0.5) is 4.79 Å². The Labute approximate surface area is 183 Å². The fourth-order valence-corrected chi connectivity index (χ4v) is 4.17. The molecule has 0 aromatic carbocycles. The second-order valence-electron chi connectivity index (χ2n) is 8.87. The Bertz CT molecular complexity index is 689. The highest BCUT2D eigenvalue weighted by Crippen LogP contribution is 2.45. The van der Waals surface area contributed by atoms with Gasteiger partial charge in [-0.05, 0) is 36.5 Å². The lowest BCUT2D eigenvalue weighted by Crippen LogP contribution is -2.50. The molecule has 0 aliphatic heterocycles. The van der Waals surface area contributed by atoms with E-state index in [1.54, 1.807) is 0 Å². The van der Waals surface area contributed by atoms with Gasteiger partial charge in [-0.15, -0.1) is 0 Å². The predicted molar refractivity (Wildman–Crippen MR) is 114 cm³/mol. The number of rotatable bonds is 11. The zero-order valence-electron chi connectivity index (χ0n) is 18.7. The second kappa shape index (κ2) is 12.1. The van der Waals surface area contributed by atoms with Gasteiger partial charge in [-0.3, -0.25) is 4.79 Å². The van der Waals surface area contributed by atoms with Crippen molar-refractivity contribution in [3.8, 4) is 0 Å². The molecule has 1 saturated carbocycles. The molecule has 2 unspecified atom stereocenters. The molecule has 0 bridgehead atoms. The van der Waals surface area contributed by atoms with E-state index in [2.05, 4.69) is 49.3 Å². The monoisotopic (exact) mass is 438 g/mol. The van der Waals surface area contributed by atoms with Crippen molar-refractivity contribution in [3.05, 3.63) is 25.3 Å². The largest absolute Gasteiger partial charge is 0.463 e. The van der Waals surface area contributed by atoms with Crippen LogP contribution >= 0.6 is 0 Å². The molecule has 0 heterocycles. The molecular formula is C22H34N2O7. The van der Waals surface area contributed by atoms with Gasteiger partial charge < -0.3 is 24.8 Å². The molecule has 9 nitrogen and oxygen atoms in total. The van der Waals surface area contributed by atoms with Crippen LogP contribution in [0.3, 0.4) is 0 Å². The van der Waals surface area contributed by atoms with E-state index in [0.29, 0.717) is 19.4 Å². The lowest BCUT2D eigenvalue weighted by atomic mass is 9.62.